The van der Waals surface area contributed by atoms with E-state index in [9.17, 15) is 0 Å². The highest BCUT2D eigenvalue weighted by molar-refractivity contribution is 7.18. The first kappa shape index (κ1) is 20.7. The topological polar surface area (TPSA) is 71.9 Å². The molecular weight excluding hydrogens is 398 g/mol. The first-order chi connectivity index (χ1) is 14.6. The lowest BCUT2D eigenvalue weighted by molar-refractivity contribution is 0.0339. The summed E-state index contributed by atoms with van der Waals surface area (Å²) in [5.74, 6) is 1.64. The molecule has 3 heterocycles. The lowest BCUT2D eigenvalue weighted by Crippen LogP contribution is -2.35. The third-order valence-corrected chi connectivity index (χ3v) is 6.61. The number of methoxy groups -OCH3 is 1. The minimum absolute atomic E-state index is 0.739. The summed E-state index contributed by atoms with van der Waals surface area (Å²) in [6.45, 7) is 10.5. The average Bonchev–Trinajstić information content (AvgIpc) is 3.07. The van der Waals surface area contributed by atoms with Crippen molar-refractivity contribution in [3.63, 3.8) is 0 Å². The van der Waals surface area contributed by atoms with Gasteiger partial charge in [0.15, 0.2) is 5.82 Å². The van der Waals surface area contributed by atoms with Crippen molar-refractivity contribution in [3.8, 4) is 5.75 Å². The lowest BCUT2D eigenvalue weighted by Gasteiger charge is -2.27. The molecule has 0 spiro atoms. The van der Waals surface area contributed by atoms with Gasteiger partial charge in [-0.1, -0.05) is 0 Å². The standard InChI is InChI=1S/C22H27N5O2S/c1-14-16(3)30-22-20(14)21(23-13-24-22)26-25-15(2)17-5-6-19(28-4)18(11-17)12-27-7-9-29-10-8-27/h5-6,11,13H,7-10,12H2,1-4H3,(H,23,24,26)/b25-15-. The molecule has 3 aromatic rings. The number of hydrazone groups is 1. The van der Waals surface area contributed by atoms with Crippen LogP contribution in [0.2, 0.25) is 0 Å². The Kier molecular flexibility index (Phi) is 6.26. The molecule has 2 aromatic heterocycles. The maximum atomic E-state index is 5.59. The van der Waals surface area contributed by atoms with E-state index >= 15 is 0 Å². The fourth-order valence-corrected chi connectivity index (χ4v) is 4.59. The molecule has 0 aliphatic carbocycles. The highest BCUT2D eigenvalue weighted by Gasteiger charge is 2.15. The Balaban J connectivity index is 1.57. The maximum Gasteiger partial charge on any atom is 0.158 e. The van der Waals surface area contributed by atoms with Gasteiger partial charge in [0.25, 0.3) is 0 Å². The highest BCUT2D eigenvalue weighted by atomic mass is 32.1. The Labute approximate surface area is 180 Å². The largest absolute Gasteiger partial charge is 0.496 e. The molecule has 7 nitrogen and oxygen atoms in total. The summed E-state index contributed by atoms with van der Waals surface area (Å²) in [6, 6.07) is 6.21. The number of ether oxygens (including phenoxy) is 2. The second-order valence-electron chi connectivity index (χ2n) is 7.41. The Morgan fingerprint density at radius 2 is 2.07 bits per heavy atom. The number of benzene rings is 1. The van der Waals surface area contributed by atoms with Gasteiger partial charge in [0.05, 0.1) is 31.4 Å². The molecule has 0 unspecified atom stereocenters. The maximum absolute atomic E-state index is 5.59. The number of hydrogen-bond donors (Lipinski definition) is 1. The number of morpholine rings is 1. The molecule has 0 bridgehead atoms. The van der Waals surface area contributed by atoms with Crippen LogP contribution >= 0.6 is 11.3 Å². The molecule has 1 aliphatic heterocycles. The molecule has 1 saturated heterocycles. The average molecular weight is 426 g/mol. The number of thiophene rings is 1. The fourth-order valence-electron chi connectivity index (χ4n) is 3.60. The first-order valence-electron chi connectivity index (χ1n) is 10.0. The van der Waals surface area contributed by atoms with E-state index in [-0.39, 0.29) is 0 Å². The van der Waals surface area contributed by atoms with Crippen LogP contribution in [0.4, 0.5) is 5.82 Å². The molecule has 1 N–H and O–H groups in total. The number of aromatic nitrogens is 2. The summed E-state index contributed by atoms with van der Waals surface area (Å²) >= 11 is 1.68. The predicted octanol–water partition coefficient (Wildman–Crippen LogP) is 3.99. The summed E-state index contributed by atoms with van der Waals surface area (Å²) in [5.41, 5.74) is 7.44. The van der Waals surface area contributed by atoms with Crippen molar-refractivity contribution in [2.75, 3.05) is 38.8 Å². The molecule has 0 atom stereocenters. The Hall–Kier alpha value is -2.55. The van der Waals surface area contributed by atoms with Gasteiger partial charge in [-0.2, -0.15) is 5.10 Å². The van der Waals surface area contributed by atoms with E-state index in [4.69, 9.17) is 9.47 Å². The van der Waals surface area contributed by atoms with Gasteiger partial charge in [0.2, 0.25) is 0 Å². The molecule has 0 saturated carbocycles. The van der Waals surface area contributed by atoms with E-state index in [0.717, 1.165) is 71.5 Å². The summed E-state index contributed by atoms with van der Waals surface area (Å²) in [7, 11) is 1.71. The van der Waals surface area contributed by atoms with Crippen LogP contribution in [0.5, 0.6) is 5.75 Å². The van der Waals surface area contributed by atoms with E-state index in [1.54, 1.807) is 24.8 Å². The molecule has 1 aromatic carbocycles. The van der Waals surface area contributed by atoms with Crippen molar-refractivity contribution < 1.29 is 9.47 Å². The number of aryl methyl sites for hydroxylation is 2. The zero-order chi connectivity index (χ0) is 21.1. The van der Waals surface area contributed by atoms with Gasteiger partial charge in [-0.05, 0) is 50.1 Å². The Morgan fingerprint density at radius 1 is 1.27 bits per heavy atom. The van der Waals surface area contributed by atoms with Crippen LogP contribution in [0.1, 0.15) is 28.5 Å². The van der Waals surface area contributed by atoms with E-state index in [1.165, 1.54) is 10.4 Å². The summed E-state index contributed by atoms with van der Waals surface area (Å²) in [4.78, 5) is 13.4. The van der Waals surface area contributed by atoms with Crippen LogP contribution in [0.25, 0.3) is 10.2 Å². The molecular formula is C22H27N5O2S. The quantitative estimate of drug-likeness (QED) is 0.476. The number of rotatable bonds is 6. The monoisotopic (exact) mass is 425 g/mol. The number of nitrogens with one attached hydrogen (secondary N) is 1. The lowest BCUT2D eigenvalue weighted by atomic mass is 10.1. The molecule has 1 aliphatic rings. The third kappa shape index (κ3) is 4.30. The van der Waals surface area contributed by atoms with E-state index in [1.807, 2.05) is 19.1 Å². The van der Waals surface area contributed by atoms with Gasteiger partial charge in [-0.3, -0.25) is 10.3 Å². The smallest absolute Gasteiger partial charge is 0.158 e. The van der Waals surface area contributed by atoms with Crippen LogP contribution in [0.3, 0.4) is 0 Å². The number of hydrogen-bond acceptors (Lipinski definition) is 8. The van der Waals surface area contributed by atoms with Crippen LogP contribution in [0, 0.1) is 13.8 Å². The molecule has 0 radical (unpaired) electrons. The molecule has 30 heavy (non-hydrogen) atoms. The Bertz CT molecular complexity index is 1070. The first-order valence-corrected chi connectivity index (χ1v) is 10.9. The molecule has 8 heteroatoms. The van der Waals surface area contributed by atoms with E-state index in [0.29, 0.717) is 0 Å². The van der Waals surface area contributed by atoms with Crippen molar-refractivity contribution >= 4 is 33.1 Å². The zero-order valence-corrected chi connectivity index (χ0v) is 18.7. The van der Waals surface area contributed by atoms with Gasteiger partial charge < -0.3 is 9.47 Å². The molecule has 4 rings (SSSR count). The molecule has 0 amide bonds. The summed E-state index contributed by atoms with van der Waals surface area (Å²) < 4.78 is 11.0. The van der Waals surface area contributed by atoms with Crippen molar-refractivity contribution in [2.45, 2.75) is 27.3 Å². The second-order valence-corrected chi connectivity index (χ2v) is 8.61. The normalized spacial score (nSPS) is 15.5. The summed E-state index contributed by atoms with van der Waals surface area (Å²) in [6.07, 6.45) is 1.58. The van der Waals surface area contributed by atoms with Crippen molar-refractivity contribution in [1.29, 1.82) is 0 Å². The van der Waals surface area contributed by atoms with Gasteiger partial charge in [-0.25, -0.2) is 9.97 Å². The van der Waals surface area contributed by atoms with Crippen molar-refractivity contribution in [3.05, 3.63) is 46.1 Å². The number of anilines is 1. The van der Waals surface area contributed by atoms with Crippen molar-refractivity contribution in [1.82, 2.24) is 14.9 Å². The second kappa shape index (κ2) is 9.07. The van der Waals surface area contributed by atoms with Gasteiger partial charge in [0.1, 0.15) is 16.9 Å². The number of nitrogens with zero attached hydrogens (tertiary/aromatic N) is 4. The minimum atomic E-state index is 0.739. The van der Waals surface area contributed by atoms with Crippen LogP contribution in [-0.2, 0) is 11.3 Å². The Morgan fingerprint density at radius 3 is 2.83 bits per heavy atom. The van der Waals surface area contributed by atoms with Gasteiger partial charge >= 0.3 is 0 Å². The van der Waals surface area contributed by atoms with Gasteiger partial charge in [-0.15, -0.1) is 11.3 Å². The van der Waals surface area contributed by atoms with Gasteiger partial charge in [0, 0.05) is 30.1 Å². The molecule has 1 fully saturated rings. The summed E-state index contributed by atoms with van der Waals surface area (Å²) in [5, 5.41) is 5.66. The highest BCUT2D eigenvalue weighted by Crippen LogP contribution is 2.32. The van der Waals surface area contributed by atoms with Crippen molar-refractivity contribution in [2.24, 2.45) is 5.10 Å². The number of fused-ring (bicyclic) bond motifs is 1. The van der Waals surface area contributed by atoms with Crippen LogP contribution in [0.15, 0.2) is 29.6 Å². The zero-order valence-electron chi connectivity index (χ0n) is 17.9. The fraction of sp³-hybridized carbons (Fsp3) is 0.409. The van der Waals surface area contributed by atoms with E-state index in [2.05, 4.69) is 45.3 Å². The molecule has 158 valence electrons. The third-order valence-electron chi connectivity index (χ3n) is 5.49. The van der Waals surface area contributed by atoms with E-state index < -0.39 is 0 Å². The van der Waals surface area contributed by atoms with Crippen LogP contribution in [-0.4, -0.2) is 54.0 Å². The predicted molar refractivity (Wildman–Crippen MR) is 122 cm³/mol. The van der Waals surface area contributed by atoms with Crippen LogP contribution < -0.4 is 10.2 Å². The minimum Gasteiger partial charge on any atom is -0.496 e. The SMILES string of the molecule is COc1ccc(/C(C)=N\Nc2ncnc3sc(C)c(C)c23)cc1CN1CCOCC1.